The van der Waals surface area contributed by atoms with Crippen LogP contribution in [0.1, 0.15) is 24.1 Å². The van der Waals surface area contributed by atoms with Gasteiger partial charge in [0, 0.05) is 11.6 Å². The number of fused-ring (bicyclic) bond motifs is 1. The molecular weight excluding hydrogens is 320 g/mol. The molecule has 0 fully saturated rings. The van der Waals surface area contributed by atoms with Gasteiger partial charge in [0.2, 0.25) is 5.91 Å². The van der Waals surface area contributed by atoms with Gasteiger partial charge in [-0.25, -0.2) is 8.78 Å². The molecule has 0 aliphatic heterocycles. The average Bonchev–Trinajstić information content (AvgIpc) is 2.62. The van der Waals surface area contributed by atoms with Crippen LogP contribution in [0.15, 0.2) is 66.7 Å². The van der Waals surface area contributed by atoms with Crippen LogP contribution >= 0.6 is 0 Å². The Kier molecular flexibility index (Phi) is 4.89. The van der Waals surface area contributed by atoms with E-state index in [1.807, 2.05) is 49.4 Å². The second-order valence-corrected chi connectivity index (χ2v) is 5.81. The lowest BCUT2D eigenvalue weighted by atomic mass is 10.0. The van der Waals surface area contributed by atoms with E-state index >= 15 is 0 Å². The summed E-state index contributed by atoms with van der Waals surface area (Å²) < 4.78 is 26.7. The van der Waals surface area contributed by atoms with Crippen molar-refractivity contribution in [3.05, 3.63) is 89.5 Å². The van der Waals surface area contributed by atoms with Gasteiger partial charge in [-0.2, -0.15) is 0 Å². The van der Waals surface area contributed by atoms with Crippen molar-refractivity contribution in [3.63, 3.8) is 0 Å². The van der Waals surface area contributed by atoms with Crippen molar-refractivity contribution in [2.24, 2.45) is 0 Å². The number of benzene rings is 3. The second-order valence-electron chi connectivity index (χ2n) is 5.81. The highest BCUT2D eigenvalue weighted by Gasteiger charge is 2.09. The van der Waals surface area contributed by atoms with Crippen LogP contribution in [0.2, 0.25) is 0 Å². The second kappa shape index (κ2) is 7.26. The molecule has 1 amide bonds. The molecule has 3 rings (SSSR count). The molecule has 1 atom stereocenters. The number of halogens is 2. The first kappa shape index (κ1) is 16.8. The third kappa shape index (κ3) is 3.91. The molecule has 0 saturated heterocycles. The summed E-state index contributed by atoms with van der Waals surface area (Å²) in [5.74, 6) is -2.27. The number of carbonyl (C=O) groups excluding carboxylic acids is 1. The molecule has 0 bridgehead atoms. The number of amides is 1. The molecule has 4 heteroatoms. The molecule has 25 heavy (non-hydrogen) atoms. The van der Waals surface area contributed by atoms with E-state index in [1.165, 1.54) is 24.3 Å². The summed E-state index contributed by atoms with van der Waals surface area (Å²) in [7, 11) is 0. The topological polar surface area (TPSA) is 29.1 Å². The van der Waals surface area contributed by atoms with Gasteiger partial charge in [-0.15, -0.1) is 0 Å². The van der Waals surface area contributed by atoms with Gasteiger partial charge in [0.05, 0.1) is 6.04 Å². The molecule has 0 aliphatic carbocycles. The smallest absolute Gasteiger partial charge is 0.244 e. The van der Waals surface area contributed by atoms with E-state index in [-0.39, 0.29) is 17.5 Å². The van der Waals surface area contributed by atoms with Crippen LogP contribution in [0.25, 0.3) is 16.8 Å². The lowest BCUT2D eigenvalue weighted by Crippen LogP contribution is -2.24. The summed E-state index contributed by atoms with van der Waals surface area (Å²) in [6, 6.07) is 17.6. The predicted molar refractivity (Wildman–Crippen MR) is 95.9 cm³/mol. The minimum Gasteiger partial charge on any atom is -0.346 e. The number of nitrogens with one attached hydrogen (secondary N) is 1. The Morgan fingerprint density at radius 2 is 1.76 bits per heavy atom. The molecule has 0 aliphatic rings. The SMILES string of the molecule is CC(NC(=O)C=Cc1cccc(F)c1F)c1ccc2ccccc2c1. The number of hydrogen-bond donors (Lipinski definition) is 1. The molecule has 3 aromatic carbocycles. The van der Waals surface area contributed by atoms with E-state index in [4.69, 9.17) is 0 Å². The van der Waals surface area contributed by atoms with Crippen LogP contribution in [-0.4, -0.2) is 5.91 Å². The van der Waals surface area contributed by atoms with Crippen molar-refractivity contribution in [2.75, 3.05) is 0 Å². The van der Waals surface area contributed by atoms with Gasteiger partial charge in [-0.3, -0.25) is 4.79 Å². The van der Waals surface area contributed by atoms with Crippen LogP contribution in [0.4, 0.5) is 8.78 Å². The van der Waals surface area contributed by atoms with Gasteiger partial charge >= 0.3 is 0 Å². The Hall–Kier alpha value is -3.01. The minimum absolute atomic E-state index is 0.0357. The van der Waals surface area contributed by atoms with Crippen molar-refractivity contribution in [1.82, 2.24) is 5.32 Å². The summed E-state index contributed by atoms with van der Waals surface area (Å²) in [6.07, 6.45) is 2.47. The first-order valence-electron chi connectivity index (χ1n) is 7.96. The maximum absolute atomic E-state index is 13.6. The lowest BCUT2D eigenvalue weighted by Gasteiger charge is -2.14. The highest BCUT2D eigenvalue weighted by Crippen LogP contribution is 2.20. The quantitative estimate of drug-likeness (QED) is 0.666. The van der Waals surface area contributed by atoms with Crippen molar-refractivity contribution < 1.29 is 13.6 Å². The maximum atomic E-state index is 13.6. The summed E-state index contributed by atoms with van der Waals surface area (Å²) in [5, 5.41) is 5.05. The van der Waals surface area contributed by atoms with Crippen molar-refractivity contribution in [1.29, 1.82) is 0 Å². The Bertz CT molecular complexity index is 950. The zero-order valence-electron chi connectivity index (χ0n) is 13.7. The molecule has 0 radical (unpaired) electrons. The van der Waals surface area contributed by atoms with E-state index in [2.05, 4.69) is 5.32 Å². The Morgan fingerprint density at radius 1 is 1.00 bits per heavy atom. The van der Waals surface area contributed by atoms with Crippen molar-refractivity contribution >= 4 is 22.8 Å². The van der Waals surface area contributed by atoms with Gasteiger partial charge in [0.25, 0.3) is 0 Å². The predicted octanol–water partition coefficient (Wildman–Crippen LogP) is 5.01. The van der Waals surface area contributed by atoms with E-state index in [1.54, 1.807) is 0 Å². The molecule has 0 heterocycles. The number of hydrogen-bond acceptors (Lipinski definition) is 1. The zero-order valence-corrected chi connectivity index (χ0v) is 13.7. The fourth-order valence-electron chi connectivity index (χ4n) is 2.64. The van der Waals surface area contributed by atoms with Crippen molar-refractivity contribution in [2.45, 2.75) is 13.0 Å². The molecular formula is C21H17F2NO. The summed E-state index contributed by atoms with van der Waals surface area (Å²) in [6.45, 7) is 1.87. The van der Waals surface area contributed by atoms with E-state index < -0.39 is 11.6 Å². The molecule has 1 unspecified atom stereocenters. The molecule has 0 aromatic heterocycles. The van der Waals surface area contributed by atoms with Crippen molar-refractivity contribution in [3.8, 4) is 0 Å². The Morgan fingerprint density at radius 3 is 2.56 bits per heavy atom. The van der Waals surface area contributed by atoms with E-state index in [9.17, 15) is 13.6 Å². The monoisotopic (exact) mass is 337 g/mol. The van der Waals surface area contributed by atoms with Crippen LogP contribution in [-0.2, 0) is 4.79 Å². The fraction of sp³-hybridized carbons (Fsp3) is 0.0952. The van der Waals surface area contributed by atoms with Gasteiger partial charge in [-0.1, -0.05) is 48.5 Å². The van der Waals surface area contributed by atoms with E-state index in [0.717, 1.165) is 22.4 Å². The maximum Gasteiger partial charge on any atom is 0.244 e. The molecule has 1 N–H and O–H groups in total. The fourth-order valence-corrected chi connectivity index (χ4v) is 2.64. The van der Waals surface area contributed by atoms with Crippen LogP contribution in [0.5, 0.6) is 0 Å². The van der Waals surface area contributed by atoms with Gasteiger partial charge < -0.3 is 5.32 Å². The third-order valence-corrected chi connectivity index (χ3v) is 4.03. The highest BCUT2D eigenvalue weighted by atomic mass is 19.2. The van der Waals surface area contributed by atoms with Crippen LogP contribution < -0.4 is 5.32 Å². The van der Waals surface area contributed by atoms with E-state index in [0.29, 0.717) is 0 Å². The largest absolute Gasteiger partial charge is 0.346 e. The van der Waals surface area contributed by atoms with Gasteiger partial charge in [0.1, 0.15) is 0 Å². The lowest BCUT2D eigenvalue weighted by molar-refractivity contribution is -0.117. The van der Waals surface area contributed by atoms with Gasteiger partial charge in [0.15, 0.2) is 11.6 Å². The summed E-state index contributed by atoms with van der Waals surface area (Å²) in [5.41, 5.74) is 1.01. The average molecular weight is 337 g/mol. The van der Waals surface area contributed by atoms with Crippen LogP contribution in [0.3, 0.4) is 0 Å². The standard InChI is InChI=1S/C21H17F2NO/c1-14(17-10-9-15-5-2-3-6-18(15)13-17)24-20(25)12-11-16-7-4-8-19(22)21(16)23/h2-14H,1H3,(H,24,25). The molecule has 126 valence electrons. The summed E-state index contributed by atoms with van der Waals surface area (Å²) in [4.78, 5) is 12.0. The molecule has 3 aromatic rings. The van der Waals surface area contributed by atoms with Gasteiger partial charge in [-0.05, 0) is 41.5 Å². The molecule has 0 saturated carbocycles. The molecule has 0 spiro atoms. The summed E-state index contributed by atoms with van der Waals surface area (Å²) >= 11 is 0. The normalized spacial score (nSPS) is 12.4. The zero-order chi connectivity index (χ0) is 17.8. The minimum atomic E-state index is -0.964. The Labute approximate surface area is 144 Å². The Balaban J connectivity index is 1.71. The first-order chi connectivity index (χ1) is 12.0. The third-order valence-electron chi connectivity index (χ3n) is 4.03. The van der Waals surface area contributed by atoms with Crippen LogP contribution in [0, 0.1) is 11.6 Å². The molecule has 2 nitrogen and oxygen atoms in total. The first-order valence-corrected chi connectivity index (χ1v) is 7.96. The number of carbonyl (C=O) groups is 1. The number of rotatable bonds is 4. The highest BCUT2D eigenvalue weighted by molar-refractivity contribution is 5.92.